The maximum Gasteiger partial charge on any atom is 0.213 e. The summed E-state index contributed by atoms with van der Waals surface area (Å²) < 4.78 is 34.5. The summed E-state index contributed by atoms with van der Waals surface area (Å²) in [6.07, 6.45) is 7.77. The van der Waals surface area contributed by atoms with Gasteiger partial charge in [0.25, 0.3) is 0 Å². The van der Waals surface area contributed by atoms with Crippen LogP contribution in [0, 0.1) is 0 Å². The minimum Gasteiger partial charge on any atom is -0.748 e. The van der Waals surface area contributed by atoms with Crippen LogP contribution in [-0.2, 0) is 29.8 Å². The minimum absolute atomic E-state index is 0.604. The summed E-state index contributed by atoms with van der Waals surface area (Å²) in [6, 6.07) is 59.0. The van der Waals surface area contributed by atoms with Gasteiger partial charge >= 0.3 is 0 Å². The van der Waals surface area contributed by atoms with Gasteiger partial charge in [-0.2, -0.15) is 4.58 Å². The van der Waals surface area contributed by atoms with Crippen molar-refractivity contribution in [1.29, 1.82) is 0 Å². The highest BCUT2D eigenvalue weighted by Gasteiger charge is 2.31. The fourth-order valence-electron chi connectivity index (χ4n) is 7.51. The molecule has 0 N–H and O–H groups in total. The van der Waals surface area contributed by atoms with Crippen molar-refractivity contribution in [3.05, 3.63) is 210 Å². The second kappa shape index (κ2) is 15.0. The van der Waals surface area contributed by atoms with Crippen molar-refractivity contribution < 1.29 is 17.5 Å². The van der Waals surface area contributed by atoms with E-state index >= 15 is 0 Å². The third-order valence-electron chi connectivity index (χ3n) is 9.76. The number of nitrogens with zero attached hydrogens (tertiary/aromatic N) is 3. The largest absolute Gasteiger partial charge is 0.748 e. The van der Waals surface area contributed by atoms with E-state index in [2.05, 4.69) is 196 Å². The first kappa shape index (κ1) is 34.8. The van der Waals surface area contributed by atoms with E-state index in [9.17, 15) is 0 Å². The van der Waals surface area contributed by atoms with Crippen molar-refractivity contribution >= 4 is 55.0 Å². The third-order valence-corrected chi connectivity index (χ3v) is 9.76. The van der Waals surface area contributed by atoms with Crippen molar-refractivity contribution in [2.24, 2.45) is 0 Å². The van der Waals surface area contributed by atoms with Crippen LogP contribution in [0.2, 0.25) is 0 Å². The molecule has 0 bridgehead atoms. The van der Waals surface area contributed by atoms with Crippen LogP contribution >= 0.6 is 0 Å². The molecule has 0 amide bonds. The van der Waals surface area contributed by atoms with Gasteiger partial charge in [-0.05, 0) is 29.3 Å². The maximum atomic E-state index is 9.08. The molecule has 0 unspecified atom stereocenters. The van der Waals surface area contributed by atoms with Gasteiger partial charge in [0.05, 0.1) is 21.3 Å². The summed E-state index contributed by atoms with van der Waals surface area (Å²) in [5.74, 6) is 0. The van der Waals surface area contributed by atoms with Crippen LogP contribution in [-0.4, -0.2) is 39.2 Å². The van der Waals surface area contributed by atoms with Gasteiger partial charge in [-0.3, -0.25) is 0 Å². The van der Waals surface area contributed by atoms with Gasteiger partial charge in [0.15, 0.2) is 12.8 Å². The normalized spacial score (nSPS) is 12.3. The van der Waals surface area contributed by atoms with Crippen LogP contribution in [0.5, 0.6) is 0 Å². The molecule has 0 saturated heterocycles. The standard InChI is InChI=1S/C46H36N3.CH4O3S/c1-4-16-34(17-5-1)28-47-31-40(37-22-10-13-25-43(37)47)46(41-32-48(29-35-18-6-2-7-19-35)44-26-14-11-23-38(41)44)42-33-49(30-36-20-8-3-9-21-36)45-27-15-12-24-39(42)45;1-5(2,3)4/h1-27,31-33H,28-30H2;1H3,(H,2,3,4)/q+1;/p-1. The molecule has 54 heavy (non-hydrogen) atoms. The zero-order valence-corrected chi connectivity index (χ0v) is 30.7. The topological polar surface area (TPSA) is 70.1 Å². The third kappa shape index (κ3) is 7.46. The highest BCUT2D eigenvalue weighted by Crippen LogP contribution is 2.44. The van der Waals surface area contributed by atoms with Crippen molar-refractivity contribution in [3.63, 3.8) is 0 Å². The van der Waals surface area contributed by atoms with Crippen LogP contribution in [0.15, 0.2) is 176 Å². The van der Waals surface area contributed by atoms with E-state index in [4.69, 9.17) is 13.0 Å². The van der Waals surface area contributed by atoms with Crippen molar-refractivity contribution in [2.45, 2.75) is 19.6 Å². The molecule has 0 saturated carbocycles. The van der Waals surface area contributed by atoms with Gasteiger partial charge < -0.3 is 13.7 Å². The Kier molecular flexibility index (Phi) is 9.66. The maximum absolute atomic E-state index is 9.08. The molecule has 9 rings (SSSR count). The zero-order valence-electron chi connectivity index (χ0n) is 29.9. The van der Waals surface area contributed by atoms with E-state index in [1.54, 1.807) is 0 Å². The Balaban J connectivity index is 0.000000778. The molecule has 1 aliphatic rings. The van der Waals surface area contributed by atoms with Crippen molar-refractivity contribution in [3.8, 4) is 0 Å². The molecular formula is C47H39N3O3S. The van der Waals surface area contributed by atoms with Gasteiger partial charge in [-0.15, -0.1) is 0 Å². The molecule has 1 aliphatic heterocycles. The highest BCUT2D eigenvalue weighted by atomic mass is 32.2. The van der Waals surface area contributed by atoms with Gasteiger partial charge in [0.1, 0.15) is 0 Å². The number of rotatable bonds is 8. The molecule has 2 aromatic heterocycles. The molecule has 7 heteroatoms. The lowest BCUT2D eigenvalue weighted by Gasteiger charge is -2.10. The Labute approximate surface area is 316 Å². The molecule has 8 aromatic rings. The van der Waals surface area contributed by atoms with Crippen LogP contribution < -0.4 is 0 Å². The van der Waals surface area contributed by atoms with Gasteiger partial charge in [0.2, 0.25) is 5.69 Å². The van der Waals surface area contributed by atoms with E-state index in [1.807, 2.05) is 0 Å². The SMILES string of the molecule is C1=[N+](Cc2ccccc2)c2ccccc2C1=C(c1cn(Cc2ccccc2)c2ccccc12)c1cn(Cc2ccccc2)c2ccccc12.CS(=O)(=O)[O-]. The molecule has 0 fully saturated rings. The highest BCUT2D eigenvalue weighted by molar-refractivity contribution is 7.84. The zero-order chi connectivity index (χ0) is 37.1. The Morgan fingerprint density at radius 3 is 1.46 bits per heavy atom. The summed E-state index contributed by atoms with van der Waals surface area (Å²) in [4.78, 5) is 0. The number of aromatic nitrogens is 2. The molecule has 0 atom stereocenters. The predicted octanol–water partition coefficient (Wildman–Crippen LogP) is 9.74. The monoisotopic (exact) mass is 725 g/mol. The Hall–Kier alpha value is -6.28. The average molecular weight is 726 g/mol. The Bertz CT molecular complexity index is 2630. The van der Waals surface area contributed by atoms with Gasteiger partial charge in [0, 0.05) is 81.9 Å². The molecule has 0 aliphatic carbocycles. The lowest BCUT2D eigenvalue weighted by Crippen LogP contribution is -2.03. The molecule has 3 heterocycles. The molecule has 6 aromatic carbocycles. The average Bonchev–Trinajstić information content (AvgIpc) is 3.85. The fourth-order valence-corrected chi connectivity index (χ4v) is 7.51. The number of fused-ring (bicyclic) bond motifs is 3. The van der Waals surface area contributed by atoms with E-state index in [0.29, 0.717) is 6.26 Å². The van der Waals surface area contributed by atoms with Crippen LogP contribution in [0.25, 0.3) is 33.0 Å². The lowest BCUT2D eigenvalue weighted by atomic mass is 9.90. The lowest BCUT2D eigenvalue weighted by molar-refractivity contribution is -0.449. The molecular weight excluding hydrogens is 687 g/mol. The summed E-state index contributed by atoms with van der Waals surface area (Å²) >= 11 is 0. The Morgan fingerprint density at radius 2 is 0.963 bits per heavy atom. The fraction of sp³-hybridized carbons (Fsp3) is 0.0851. The number of allylic oxidation sites excluding steroid dienone is 1. The van der Waals surface area contributed by atoms with Crippen LogP contribution in [0.1, 0.15) is 33.4 Å². The first-order valence-electron chi connectivity index (χ1n) is 17.9. The number of benzene rings is 6. The summed E-state index contributed by atoms with van der Waals surface area (Å²) in [5.41, 5.74) is 13.8. The first-order valence-corrected chi connectivity index (χ1v) is 19.8. The van der Waals surface area contributed by atoms with Crippen molar-refractivity contribution in [2.75, 3.05) is 6.26 Å². The van der Waals surface area contributed by atoms with Crippen LogP contribution in [0.3, 0.4) is 0 Å². The van der Waals surface area contributed by atoms with Gasteiger partial charge in [-0.25, -0.2) is 8.42 Å². The van der Waals surface area contributed by atoms with Gasteiger partial charge in [-0.1, -0.05) is 140 Å². The van der Waals surface area contributed by atoms with Crippen molar-refractivity contribution in [1.82, 2.24) is 9.13 Å². The first-order chi connectivity index (χ1) is 26.3. The molecule has 0 radical (unpaired) electrons. The van der Waals surface area contributed by atoms with E-state index < -0.39 is 10.1 Å². The summed E-state index contributed by atoms with van der Waals surface area (Å²) in [6.45, 7) is 2.42. The van der Waals surface area contributed by atoms with Crippen LogP contribution in [0.4, 0.5) is 5.69 Å². The van der Waals surface area contributed by atoms with E-state index in [0.717, 1.165) is 19.6 Å². The molecule has 0 spiro atoms. The summed E-state index contributed by atoms with van der Waals surface area (Å²) in [5, 5.41) is 2.52. The molecule has 6 nitrogen and oxygen atoms in total. The summed E-state index contributed by atoms with van der Waals surface area (Å²) in [7, 11) is -3.92. The Morgan fingerprint density at radius 1 is 0.556 bits per heavy atom. The smallest absolute Gasteiger partial charge is 0.213 e. The number of hydrogen-bond donors (Lipinski definition) is 0. The number of hydrogen-bond acceptors (Lipinski definition) is 3. The predicted molar refractivity (Wildman–Crippen MR) is 219 cm³/mol. The minimum atomic E-state index is -3.92. The quantitative estimate of drug-likeness (QED) is 0.116. The number of para-hydroxylation sites is 3. The molecule has 266 valence electrons. The van der Waals surface area contributed by atoms with E-state index in [1.165, 1.54) is 72.0 Å². The van der Waals surface area contributed by atoms with E-state index in [-0.39, 0.29) is 0 Å². The second-order valence-corrected chi connectivity index (χ2v) is 15.0. The second-order valence-electron chi connectivity index (χ2n) is 13.6.